The van der Waals surface area contributed by atoms with Crippen molar-refractivity contribution < 1.29 is 17.9 Å². The summed E-state index contributed by atoms with van der Waals surface area (Å²) in [6.07, 6.45) is 4.53. The number of benzene rings is 1. The van der Waals surface area contributed by atoms with Crippen molar-refractivity contribution in [1.82, 2.24) is 9.62 Å². The molecule has 0 unspecified atom stereocenters. The average molecular weight is 381 g/mol. The molecule has 7 nitrogen and oxygen atoms in total. The van der Waals surface area contributed by atoms with Crippen LogP contribution in [0.4, 0.5) is 0 Å². The number of nitrogens with two attached hydrogens (primary N) is 1. The number of hydrogen-bond donors (Lipinski definition) is 2. The van der Waals surface area contributed by atoms with Crippen molar-refractivity contribution in [2.45, 2.75) is 49.1 Å². The van der Waals surface area contributed by atoms with Crippen molar-refractivity contribution in [2.24, 2.45) is 5.73 Å². The van der Waals surface area contributed by atoms with E-state index in [-0.39, 0.29) is 10.8 Å². The molecule has 2 aliphatic rings. The van der Waals surface area contributed by atoms with Crippen molar-refractivity contribution in [3.05, 3.63) is 29.8 Å². The number of ether oxygens (including phenoxy) is 1. The van der Waals surface area contributed by atoms with Crippen LogP contribution in [0, 0.1) is 0 Å². The fraction of sp³-hybridized carbons (Fsp3) is 0.611. The second kappa shape index (κ2) is 8.04. The highest BCUT2D eigenvalue weighted by Crippen LogP contribution is 2.26. The van der Waals surface area contributed by atoms with Crippen molar-refractivity contribution >= 4 is 15.9 Å². The van der Waals surface area contributed by atoms with Gasteiger partial charge in [0, 0.05) is 19.6 Å². The fourth-order valence-electron chi connectivity index (χ4n) is 3.48. The molecule has 1 aromatic carbocycles. The lowest BCUT2D eigenvalue weighted by Gasteiger charge is -2.31. The molecule has 3 N–H and O–H groups in total. The smallest absolute Gasteiger partial charge is 0.243 e. The zero-order valence-electron chi connectivity index (χ0n) is 14.9. The Bertz CT molecular complexity index is 721. The lowest BCUT2D eigenvalue weighted by atomic mass is 9.82. The summed E-state index contributed by atoms with van der Waals surface area (Å²) in [5.41, 5.74) is 6.30. The highest BCUT2D eigenvalue weighted by Gasteiger charge is 2.35. The third-order valence-electron chi connectivity index (χ3n) is 5.18. The van der Waals surface area contributed by atoms with E-state index in [1.165, 1.54) is 4.31 Å². The molecule has 1 heterocycles. The van der Waals surface area contributed by atoms with Gasteiger partial charge < -0.3 is 15.8 Å². The number of carbonyl (C=O) groups is 1. The minimum atomic E-state index is -3.49. The maximum absolute atomic E-state index is 12.6. The maximum atomic E-state index is 12.6. The summed E-state index contributed by atoms with van der Waals surface area (Å²) in [6, 6.07) is 6.64. The van der Waals surface area contributed by atoms with Crippen LogP contribution in [-0.2, 0) is 26.1 Å². The van der Waals surface area contributed by atoms with Crippen LogP contribution in [0.3, 0.4) is 0 Å². The number of carbonyl (C=O) groups excluding carboxylic acids is 1. The van der Waals surface area contributed by atoms with E-state index in [1.807, 2.05) is 0 Å². The summed E-state index contributed by atoms with van der Waals surface area (Å²) in [5, 5.41) is 2.89. The molecule has 1 saturated heterocycles. The zero-order valence-corrected chi connectivity index (χ0v) is 15.8. The topological polar surface area (TPSA) is 102 Å². The van der Waals surface area contributed by atoms with Gasteiger partial charge in [-0.3, -0.25) is 4.79 Å². The summed E-state index contributed by atoms with van der Waals surface area (Å²) in [5.74, 6) is -0.123. The van der Waals surface area contributed by atoms with Crippen LogP contribution >= 0.6 is 0 Å². The van der Waals surface area contributed by atoms with Gasteiger partial charge in [-0.05, 0) is 30.5 Å². The predicted molar refractivity (Wildman–Crippen MR) is 97.9 cm³/mol. The van der Waals surface area contributed by atoms with E-state index in [9.17, 15) is 13.2 Å². The molecule has 3 rings (SSSR count). The highest BCUT2D eigenvalue weighted by molar-refractivity contribution is 7.89. The van der Waals surface area contributed by atoms with Crippen molar-refractivity contribution in [1.29, 1.82) is 0 Å². The number of rotatable bonds is 5. The molecule has 1 aliphatic heterocycles. The van der Waals surface area contributed by atoms with E-state index in [4.69, 9.17) is 10.5 Å². The lowest BCUT2D eigenvalue weighted by molar-refractivity contribution is -0.127. The molecule has 0 bridgehead atoms. The number of nitrogens with zero attached hydrogens (tertiary/aromatic N) is 1. The van der Waals surface area contributed by atoms with Crippen LogP contribution < -0.4 is 11.1 Å². The molecule has 1 aliphatic carbocycles. The summed E-state index contributed by atoms with van der Waals surface area (Å²) >= 11 is 0. The predicted octanol–water partition coefficient (Wildman–Crippen LogP) is 0.985. The molecular formula is C18H27N3O4S. The largest absolute Gasteiger partial charge is 0.379 e. The van der Waals surface area contributed by atoms with E-state index in [1.54, 1.807) is 24.3 Å². The Labute approximate surface area is 154 Å². The first kappa shape index (κ1) is 19.3. The molecule has 0 aromatic heterocycles. The zero-order chi connectivity index (χ0) is 18.6. The van der Waals surface area contributed by atoms with Gasteiger partial charge in [-0.1, -0.05) is 31.4 Å². The van der Waals surface area contributed by atoms with Crippen LogP contribution in [0.1, 0.15) is 37.7 Å². The lowest BCUT2D eigenvalue weighted by Crippen LogP contribution is -2.54. The molecule has 1 saturated carbocycles. The molecule has 26 heavy (non-hydrogen) atoms. The maximum Gasteiger partial charge on any atom is 0.243 e. The number of morpholine rings is 1. The second-order valence-corrected chi connectivity index (χ2v) is 9.00. The first-order chi connectivity index (χ1) is 12.4. The first-order valence-electron chi connectivity index (χ1n) is 9.16. The van der Waals surface area contributed by atoms with E-state index in [0.717, 1.165) is 37.7 Å². The molecule has 2 fully saturated rings. The molecule has 1 aromatic rings. The van der Waals surface area contributed by atoms with Crippen LogP contribution in [0.2, 0.25) is 0 Å². The molecule has 8 heteroatoms. The van der Waals surface area contributed by atoms with E-state index in [0.29, 0.717) is 32.8 Å². The van der Waals surface area contributed by atoms with Crippen molar-refractivity contribution in [3.63, 3.8) is 0 Å². The van der Waals surface area contributed by atoms with Gasteiger partial charge >= 0.3 is 0 Å². The Kier molecular flexibility index (Phi) is 5.96. The summed E-state index contributed by atoms with van der Waals surface area (Å²) < 4.78 is 31.8. The normalized spacial score (nSPS) is 21.3. The molecule has 144 valence electrons. The summed E-state index contributed by atoms with van der Waals surface area (Å²) in [4.78, 5) is 12.6. The van der Waals surface area contributed by atoms with Gasteiger partial charge in [0.1, 0.15) is 0 Å². The van der Waals surface area contributed by atoms with E-state index < -0.39 is 15.6 Å². The number of sulfonamides is 1. The van der Waals surface area contributed by atoms with Gasteiger partial charge in [0.15, 0.2) is 0 Å². The quantitative estimate of drug-likeness (QED) is 0.792. The molecule has 0 atom stereocenters. The third-order valence-corrected chi connectivity index (χ3v) is 7.10. The van der Waals surface area contributed by atoms with Crippen LogP contribution in [0.25, 0.3) is 0 Å². The molecular weight excluding hydrogens is 354 g/mol. The SMILES string of the molecule is NC1(C(=O)NCc2ccc(S(=O)(=O)N3CCOCC3)cc2)CCCCC1. The summed E-state index contributed by atoms with van der Waals surface area (Å²) in [6.45, 7) is 1.93. The summed E-state index contributed by atoms with van der Waals surface area (Å²) in [7, 11) is -3.49. The Balaban J connectivity index is 1.60. The fourth-order valence-corrected chi connectivity index (χ4v) is 4.89. The molecule has 0 spiro atoms. The number of hydrogen-bond acceptors (Lipinski definition) is 5. The minimum Gasteiger partial charge on any atom is -0.379 e. The van der Waals surface area contributed by atoms with Crippen LogP contribution in [0.5, 0.6) is 0 Å². The van der Waals surface area contributed by atoms with Gasteiger partial charge in [0.05, 0.1) is 23.6 Å². The van der Waals surface area contributed by atoms with Gasteiger partial charge in [-0.15, -0.1) is 0 Å². The number of amides is 1. The molecule has 1 amide bonds. The Morgan fingerprint density at radius 1 is 1.12 bits per heavy atom. The second-order valence-electron chi connectivity index (χ2n) is 7.06. The van der Waals surface area contributed by atoms with E-state index in [2.05, 4.69) is 5.32 Å². The van der Waals surface area contributed by atoms with Gasteiger partial charge in [-0.25, -0.2) is 8.42 Å². The van der Waals surface area contributed by atoms with Gasteiger partial charge in [-0.2, -0.15) is 4.31 Å². The van der Waals surface area contributed by atoms with Crippen molar-refractivity contribution in [2.75, 3.05) is 26.3 Å². The van der Waals surface area contributed by atoms with Crippen LogP contribution in [0.15, 0.2) is 29.2 Å². The Morgan fingerprint density at radius 3 is 2.35 bits per heavy atom. The first-order valence-corrected chi connectivity index (χ1v) is 10.6. The van der Waals surface area contributed by atoms with Gasteiger partial charge in [0.25, 0.3) is 0 Å². The highest BCUT2D eigenvalue weighted by atomic mass is 32.2. The van der Waals surface area contributed by atoms with E-state index >= 15 is 0 Å². The van der Waals surface area contributed by atoms with Gasteiger partial charge in [0.2, 0.25) is 15.9 Å². The minimum absolute atomic E-state index is 0.123. The standard InChI is InChI=1S/C18H27N3O4S/c19-18(8-2-1-3-9-18)17(22)20-14-15-4-6-16(7-5-15)26(23,24)21-10-12-25-13-11-21/h4-7H,1-3,8-14,19H2,(H,20,22). The monoisotopic (exact) mass is 381 g/mol. The molecule has 0 radical (unpaired) electrons. The van der Waals surface area contributed by atoms with Crippen LogP contribution in [-0.4, -0.2) is 50.5 Å². The number of nitrogens with one attached hydrogen (secondary N) is 1. The third kappa shape index (κ3) is 4.25. The Hall–Kier alpha value is -1.48. The van der Waals surface area contributed by atoms with Crippen molar-refractivity contribution in [3.8, 4) is 0 Å². The Morgan fingerprint density at radius 2 is 1.73 bits per heavy atom. The average Bonchev–Trinajstić information content (AvgIpc) is 2.67.